The fourth-order valence-electron chi connectivity index (χ4n) is 6.91. The first-order chi connectivity index (χ1) is 26.2. The number of anilines is 1. The van der Waals surface area contributed by atoms with Crippen molar-refractivity contribution in [1.29, 1.82) is 0 Å². The van der Waals surface area contributed by atoms with Crippen molar-refractivity contribution in [1.82, 2.24) is 19.7 Å². The molecule has 0 aliphatic carbocycles. The molecule has 278 valence electrons. The molecule has 0 spiro atoms. The number of pyridine rings is 1. The number of benzene rings is 4. The predicted octanol–water partition coefficient (Wildman–Crippen LogP) is 9.68. The molecule has 2 aromatic heterocycles. The topological polar surface area (TPSA) is 100.0 Å². The molecule has 1 fully saturated rings. The average Bonchev–Trinajstić information content (AvgIpc) is 3.59. The highest BCUT2D eigenvalue weighted by Gasteiger charge is 2.32. The van der Waals surface area contributed by atoms with Gasteiger partial charge in [-0.3, -0.25) is 4.68 Å². The Morgan fingerprint density at radius 1 is 0.852 bits per heavy atom. The Bertz CT molecular complexity index is 2200. The van der Waals surface area contributed by atoms with Crippen LogP contribution in [0.5, 0.6) is 23.0 Å². The maximum Gasteiger partial charge on any atom is 0.410 e. The smallest absolute Gasteiger partial charge is 0.410 e. The quantitative estimate of drug-likeness (QED) is 0.141. The standard InChI is InChI=1S/C44H47N5O5/c1-44(2,3)54-43(50)48-24-12-15-34(29-48)49-41-33(25-30-13-8-6-9-14-30)28-46-42(45-27-32-20-23-37(51-4)26-38(32)52-5)39(41)40(47-49)31-18-21-36(22-19-31)53-35-16-10-7-11-17-35/h6-11,13-14,16-23,26,28,34H,12,15,24-25,27,29H2,1-5H3,(H,45,46). The molecule has 1 aliphatic heterocycles. The molecule has 1 atom stereocenters. The van der Waals surface area contributed by atoms with Crippen LogP contribution in [0.2, 0.25) is 0 Å². The van der Waals surface area contributed by atoms with Gasteiger partial charge in [0.15, 0.2) is 0 Å². The molecule has 0 bridgehead atoms. The van der Waals surface area contributed by atoms with Crippen LogP contribution < -0.4 is 19.5 Å². The van der Waals surface area contributed by atoms with Crippen LogP contribution in [0, 0.1) is 0 Å². The van der Waals surface area contributed by atoms with Crippen LogP contribution in [0.4, 0.5) is 10.6 Å². The highest BCUT2D eigenvalue weighted by Crippen LogP contribution is 2.39. The van der Waals surface area contributed by atoms with E-state index in [-0.39, 0.29) is 12.1 Å². The molecule has 4 aromatic carbocycles. The third-order valence-corrected chi connectivity index (χ3v) is 9.48. The van der Waals surface area contributed by atoms with E-state index in [1.165, 1.54) is 5.56 Å². The zero-order chi connectivity index (χ0) is 37.7. The number of carbonyl (C=O) groups is 1. The molecule has 3 heterocycles. The number of para-hydroxylation sites is 1. The maximum atomic E-state index is 13.3. The summed E-state index contributed by atoms with van der Waals surface area (Å²) in [6.45, 7) is 7.26. The van der Waals surface area contributed by atoms with E-state index in [1.54, 1.807) is 14.2 Å². The lowest BCUT2D eigenvalue weighted by Crippen LogP contribution is -2.43. The van der Waals surface area contributed by atoms with E-state index in [4.69, 9.17) is 29.0 Å². The first kappa shape index (κ1) is 36.3. The molecule has 6 aromatic rings. The largest absolute Gasteiger partial charge is 0.497 e. The van der Waals surface area contributed by atoms with Gasteiger partial charge in [0.1, 0.15) is 40.1 Å². The normalized spacial score (nSPS) is 14.5. The fraction of sp³-hybridized carbons (Fsp3) is 0.295. The van der Waals surface area contributed by atoms with Crippen molar-refractivity contribution in [2.75, 3.05) is 32.6 Å². The number of fused-ring (bicyclic) bond motifs is 1. The van der Waals surface area contributed by atoms with Crippen LogP contribution in [0.15, 0.2) is 109 Å². The van der Waals surface area contributed by atoms with Crippen LogP contribution in [0.25, 0.3) is 22.2 Å². The van der Waals surface area contributed by atoms with Gasteiger partial charge >= 0.3 is 6.09 Å². The third-order valence-electron chi connectivity index (χ3n) is 9.48. The lowest BCUT2D eigenvalue weighted by Gasteiger charge is -2.34. The summed E-state index contributed by atoms with van der Waals surface area (Å²) in [5.41, 5.74) is 5.26. The predicted molar refractivity (Wildman–Crippen MR) is 212 cm³/mol. The Morgan fingerprint density at radius 3 is 2.26 bits per heavy atom. The summed E-state index contributed by atoms with van der Waals surface area (Å²) in [4.78, 5) is 20.2. The van der Waals surface area contributed by atoms with Gasteiger partial charge in [-0.1, -0.05) is 48.5 Å². The van der Waals surface area contributed by atoms with Crippen molar-refractivity contribution in [2.24, 2.45) is 0 Å². The number of hydrogen-bond acceptors (Lipinski definition) is 8. The number of hydrogen-bond donors (Lipinski definition) is 1. The summed E-state index contributed by atoms with van der Waals surface area (Å²) in [5.74, 6) is 3.62. The first-order valence-corrected chi connectivity index (χ1v) is 18.4. The Balaban J connectivity index is 1.35. The number of nitrogens with zero attached hydrogens (tertiary/aromatic N) is 4. The van der Waals surface area contributed by atoms with Crippen LogP contribution in [0.3, 0.4) is 0 Å². The molecule has 10 heteroatoms. The summed E-state index contributed by atoms with van der Waals surface area (Å²) in [6.07, 6.45) is 4.00. The summed E-state index contributed by atoms with van der Waals surface area (Å²) < 4.78 is 25.3. The number of piperidine rings is 1. The Morgan fingerprint density at radius 2 is 1.56 bits per heavy atom. The minimum atomic E-state index is -0.590. The van der Waals surface area contributed by atoms with Gasteiger partial charge in [-0.05, 0) is 87.7 Å². The third kappa shape index (κ3) is 8.28. The van der Waals surface area contributed by atoms with Crippen molar-refractivity contribution in [3.8, 4) is 34.3 Å². The zero-order valence-electron chi connectivity index (χ0n) is 31.5. The minimum Gasteiger partial charge on any atom is -0.497 e. The number of nitrogens with one attached hydrogen (secondary N) is 1. The van der Waals surface area contributed by atoms with Gasteiger partial charge in [0.25, 0.3) is 0 Å². The molecule has 10 nitrogen and oxygen atoms in total. The minimum absolute atomic E-state index is 0.0883. The van der Waals surface area contributed by atoms with E-state index in [0.717, 1.165) is 63.4 Å². The van der Waals surface area contributed by atoms with Crippen LogP contribution in [-0.2, 0) is 17.7 Å². The molecule has 54 heavy (non-hydrogen) atoms. The Labute approximate surface area is 316 Å². The molecule has 1 amide bonds. The summed E-state index contributed by atoms with van der Waals surface area (Å²) in [5, 5.41) is 9.96. The van der Waals surface area contributed by atoms with E-state index in [9.17, 15) is 4.79 Å². The van der Waals surface area contributed by atoms with Crippen LogP contribution in [0.1, 0.15) is 56.3 Å². The highest BCUT2D eigenvalue weighted by atomic mass is 16.6. The molecular weight excluding hydrogens is 679 g/mol. The SMILES string of the molecule is COc1ccc(CNc2ncc(Cc3ccccc3)c3c2c(-c2ccc(Oc4ccccc4)cc2)nn3C2CCCN(C(=O)OC(C)(C)C)C2)c(OC)c1. The number of methoxy groups -OCH3 is 2. The molecule has 0 radical (unpaired) electrons. The second-order valence-electron chi connectivity index (χ2n) is 14.5. The van der Waals surface area contributed by atoms with Gasteiger partial charge in [-0.15, -0.1) is 0 Å². The molecule has 0 saturated carbocycles. The van der Waals surface area contributed by atoms with Gasteiger partial charge in [0, 0.05) is 55.0 Å². The van der Waals surface area contributed by atoms with E-state index in [1.807, 2.05) is 111 Å². The molecular formula is C44H47N5O5. The zero-order valence-corrected chi connectivity index (χ0v) is 31.5. The van der Waals surface area contributed by atoms with E-state index >= 15 is 0 Å². The number of amides is 1. The number of aromatic nitrogens is 3. The molecule has 1 aliphatic rings. The van der Waals surface area contributed by atoms with Gasteiger partial charge in [0.2, 0.25) is 0 Å². The van der Waals surface area contributed by atoms with Gasteiger partial charge in [0.05, 0.1) is 31.2 Å². The Hall–Kier alpha value is -6.03. The van der Waals surface area contributed by atoms with Crippen LogP contribution in [-0.4, -0.2) is 58.7 Å². The van der Waals surface area contributed by atoms with E-state index < -0.39 is 5.60 Å². The second kappa shape index (κ2) is 15.9. The van der Waals surface area contributed by atoms with Crippen molar-refractivity contribution in [3.63, 3.8) is 0 Å². The molecule has 7 rings (SSSR count). The van der Waals surface area contributed by atoms with Crippen molar-refractivity contribution < 1.29 is 23.7 Å². The lowest BCUT2D eigenvalue weighted by molar-refractivity contribution is 0.0169. The van der Waals surface area contributed by atoms with E-state index in [0.29, 0.717) is 37.6 Å². The maximum absolute atomic E-state index is 13.3. The number of likely N-dealkylation sites (tertiary alicyclic amines) is 1. The van der Waals surface area contributed by atoms with Crippen molar-refractivity contribution in [3.05, 3.63) is 126 Å². The summed E-state index contributed by atoms with van der Waals surface area (Å²) in [6, 6.07) is 33.9. The van der Waals surface area contributed by atoms with Gasteiger partial charge < -0.3 is 29.2 Å². The average molecular weight is 726 g/mol. The van der Waals surface area contributed by atoms with Gasteiger partial charge in [-0.25, -0.2) is 9.78 Å². The Kier molecular flexibility index (Phi) is 10.7. The number of rotatable bonds is 11. The number of carbonyl (C=O) groups excluding carboxylic acids is 1. The first-order valence-electron chi connectivity index (χ1n) is 18.4. The summed E-state index contributed by atoms with van der Waals surface area (Å²) >= 11 is 0. The molecule has 1 saturated heterocycles. The van der Waals surface area contributed by atoms with Crippen molar-refractivity contribution in [2.45, 2.75) is 58.2 Å². The van der Waals surface area contributed by atoms with Crippen LogP contribution >= 0.6 is 0 Å². The highest BCUT2D eigenvalue weighted by molar-refractivity contribution is 6.02. The fourth-order valence-corrected chi connectivity index (χ4v) is 6.91. The second-order valence-corrected chi connectivity index (χ2v) is 14.5. The van der Waals surface area contributed by atoms with E-state index in [2.05, 4.69) is 34.3 Å². The lowest BCUT2D eigenvalue weighted by atomic mass is 10.0. The monoisotopic (exact) mass is 725 g/mol. The number of ether oxygens (including phenoxy) is 4. The summed E-state index contributed by atoms with van der Waals surface area (Å²) in [7, 11) is 3.30. The van der Waals surface area contributed by atoms with Gasteiger partial charge in [-0.2, -0.15) is 5.10 Å². The van der Waals surface area contributed by atoms with Crippen molar-refractivity contribution >= 4 is 22.8 Å². The molecule has 1 N–H and O–H groups in total. The molecule has 1 unspecified atom stereocenters.